The second-order valence-electron chi connectivity index (χ2n) is 5.96. The fourth-order valence-corrected chi connectivity index (χ4v) is 2.90. The number of carbonyl (C=O) groups excluding carboxylic acids is 2. The lowest BCUT2D eigenvalue weighted by atomic mass is 9.98. The van der Waals surface area contributed by atoms with Crippen LogP contribution in [0.1, 0.15) is 44.7 Å². The molecule has 1 N–H and O–H groups in total. The molecular weight excluding hydrogens is 264 g/mol. The van der Waals surface area contributed by atoms with E-state index in [1.807, 2.05) is 35.2 Å². The Kier molecular flexibility index (Phi) is 5.37. The summed E-state index contributed by atoms with van der Waals surface area (Å²) in [6.45, 7) is 5.34. The number of benzene rings is 1. The van der Waals surface area contributed by atoms with Crippen LogP contribution in [0, 0.1) is 5.92 Å². The Balaban J connectivity index is 2.04. The zero-order chi connectivity index (χ0) is 15.2. The van der Waals surface area contributed by atoms with E-state index < -0.39 is 0 Å². The summed E-state index contributed by atoms with van der Waals surface area (Å²) in [4.78, 5) is 25.8. The van der Waals surface area contributed by atoms with Crippen LogP contribution in [0.15, 0.2) is 30.3 Å². The van der Waals surface area contributed by atoms with Crippen LogP contribution in [0.5, 0.6) is 0 Å². The largest absolute Gasteiger partial charge is 0.349 e. The van der Waals surface area contributed by atoms with Crippen LogP contribution in [-0.2, 0) is 9.59 Å². The molecule has 1 aromatic rings. The van der Waals surface area contributed by atoms with Crippen molar-refractivity contribution < 1.29 is 9.59 Å². The van der Waals surface area contributed by atoms with Crippen molar-refractivity contribution in [2.75, 3.05) is 13.1 Å². The van der Waals surface area contributed by atoms with Gasteiger partial charge in [0.05, 0.1) is 12.5 Å². The normalized spacial score (nSPS) is 19.9. The predicted octanol–water partition coefficient (Wildman–Crippen LogP) is 2.51. The molecule has 1 saturated heterocycles. The molecule has 1 aliphatic heterocycles. The quantitative estimate of drug-likeness (QED) is 0.925. The van der Waals surface area contributed by atoms with Gasteiger partial charge in [0.25, 0.3) is 0 Å². The fraction of sp³-hybridized carbons (Fsp3) is 0.529. The van der Waals surface area contributed by atoms with Gasteiger partial charge >= 0.3 is 0 Å². The van der Waals surface area contributed by atoms with Crippen LogP contribution in [0.25, 0.3) is 0 Å². The Hall–Kier alpha value is -1.84. The highest BCUT2D eigenvalue weighted by Crippen LogP contribution is 2.21. The molecule has 114 valence electrons. The van der Waals surface area contributed by atoms with Gasteiger partial charge in [0.15, 0.2) is 0 Å². The molecule has 21 heavy (non-hydrogen) atoms. The summed E-state index contributed by atoms with van der Waals surface area (Å²) in [7, 11) is 0. The standard InChI is InChI=1S/C17H24N2O2/c1-13-7-6-10-19(12-13)17(21)11-16(18-14(2)20)15-8-4-3-5-9-15/h3-5,8-9,13,16H,6-7,10-12H2,1-2H3,(H,18,20)/t13-,16-/m1/s1. The Morgan fingerprint density at radius 2 is 2.05 bits per heavy atom. The van der Waals surface area contributed by atoms with E-state index in [1.165, 1.54) is 13.3 Å². The molecule has 4 nitrogen and oxygen atoms in total. The second-order valence-corrected chi connectivity index (χ2v) is 5.96. The van der Waals surface area contributed by atoms with E-state index in [2.05, 4.69) is 12.2 Å². The lowest BCUT2D eigenvalue weighted by Crippen LogP contribution is -2.41. The van der Waals surface area contributed by atoms with Crippen LogP contribution in [0.4, 0.5) is 0 Å². The van der Waals surface area contributed by atoms with E-state index in [9.17, 15) is 9.59 Å². The lowest BCUT2D eigenvalue weighted by Gasteiger charge is -2.32. The molecule has 0 radical (unpaired) electrons. The van der Waals surface area contributed by atoms with E-state index in [-0.39, 0.29) is 17.9 Å². The molecule has 0 aliphatic carbocycles. The summed E-state index contributed by atoms with van der Waals surface area (Å²) in [6, 6.07) is 9.45. The Morgan fingerprint density at radius 1 is 1.33 bits per heavy atom. The molecule has 1 heterocycles. The summed E-state index contributed by atoms with van der Waals surface area (Å²) >= 11 is 0. The number of carbonyl (C=O) groups is 2. The van der Waals surface area contributed by atoms with Crippen molar-refractivity contribution in [3.8, 4) is 0 Å². The molecule has 4 heteroatoms. The topological polar surface area (TPSA) is 49.4 Å². The van der Waals surface area contributed by atoms with Gasteiger partial charge in [-0.1, -0.05) is 37.3 Å². The molecule has 1 fully saturated rings. The minimum absolute atomic E-state index is 0.108. The molecule has 0 aromatic heterocycles. The third-order valence-electron chi connectivity index (χ3n) is 3.97. The van der Waals surface area contributed by atoms with Gasteiger partial charge in [0.2, 0.25) is 11.8 Å². The minimum atomic E-state index is -0.242. The number of nitrogens with one attached hydrogen (secondary N) is 1. The summed E-state index contributed by atoms with van der Waals surface area (Å²) in [5.74, 6) is 0.589. The first-order valence-corrected chi connectivity index (χ1v) is 7.66. The van der Waals surface area contributed by atoms with Gasteiger partial charge in [-0.2, -0.15) is 0 Å². The van der Waals surface area contributed by atoms with Gasteiger partial charge < -0.3 is 10.2 Å². The van der Waals surface area contributed by atoms with Crippen LogP contribution < -0.4 is 5.32 Å². The van der Waals surface area contributed by atoms with Crippen molar-refractivity contribution in [2.24, 2.45) is 5.92 Å². The highest BCUT2D eigenvalue weighted by Gasteiger charge is 2.24. The van der Waals surface area contributed by atoms with E-state index in [4.69, 9.17) is 0 Å². The first-order chi connectivity index (χ1) is 10.1. The summed E-state index contributed by atoms with van der Waals surface area (Å²) in [5.41, 5.74) is 0.978. The second kappa shape index (κ2) is 7.25. The van der Waals surface area contributed by atoms with Crippen molar-refractivity contribution >= 4 is 11.8 Å². The molecule has 2 atom stereocenters. The average molecular weight is 288 g/mol. The maximum atomic E-state index is 12.5. The molecule has 2 rings (SSSR count). The van der Waals surface area contributed by atoms with Crippen molar-refractivity contribution in [1.82, 2.24) is 10.2 Å². The van der Waals surface area contributed by atoms with E-state index >= 15 is 0 Å². The number of piperidine rings is 1. The number of nitrogens with zero attached hydrogens (tertiary/aromatic N) is 1. The van der Waals surface area contributed by atoms with Crippen molar-refractivity contribution in [2.45, 2.75) is 39.2 Å². The van der Waals surface area contributed by atoms with Gasteiger partial charge in [-0.25, -0.2) is 0 Å². The lowest BCUT2D eigenvalue weighted by molar-refractivity contribution is -0.133. The number of hydrogen-bond donors (Lipinski definition) is 1. The third-order valence-corrected chi connectivity index (χ3v) is 3.97. The maximum absolute atomic E-state index is 12.5. The van der Waals surface area contributed by atoms with Gasteiger partial charge in [-0.15, -0.1) is 0 Å². The molecule has 2 amide bonds. The van der Waals surface area contributed by atoms with Crippen molar-refractivity contribution in [3.05, 3.63) is 35.9 Å². The molecule has 0 spiro atoms. The first-order valence-electron chi connectivity index (χ1n) is 7.66. The molecular formula is C17H24N2O2. The molecule has 0 bridgehead atoms. The predicted molar refractivity (Wildman–Crippen MR) is 82.6 cm³/mol. The number of likely N-dealkylation sites (tertiary alicyclic amines) is 1. The van der Waals surface area contributed by atoms with Crippen LogP contribution in [0.3, 0.4) is 0 Å². The Bertz CT molecular complexity index is 487. The fourth-order valence-electron chi connectivity index (χ4n) is 2.90. The van der Waals surface area contributed by atoms with Crippen LogP contribution in [0.2, 0.25) is 0 Å². The van der Waals surface area contributed by atoms with Crippen molar-refractivity contribution in [1.29, 1.82) is 0 Å². The smallest absolute Gasteiger partial charge is 0.224 e. The zero-order valence-electron chi connectivity index (χ0n) is 12.8. The van der Waals surface area contributed by atoms with Crippen molar-refractivity contribution in [3.63, 3.8) is 0 Å². The number of hydrogen-bond acceptors (Lipinski definition) is 2. The molecule has 0 unspecified atom stereocenters. The van der Waals surface area contributed by atoms with E-state index in [0.717, 1.165) is 25.1 Å². The SMILES string of the molecule is CC(=O)N[C@H](CC(=O)N1CCC[C@@H](C)C1)c1ccccc1. The number of amides is 2. The van der Waals surface area contributed by atoms with E-state index in [1.54, 1.807) is 0 Å². The first kappa shape index (κ1) is 15.5. The summed E-state index contributed by atoms with van der Waals surface area (Å²) in [5, 5.41) is 2.89. The van der Waals surface area contributed by atoms with E-state index in [0.29, 0.717) is 12.3 Å². The molecule has 1 aromatic carbocycles. The van der Waals surface area contributed by atoms with Crippen LogP contribution in [-0.4, -0.2) is 29.8 Å². The van der Waals surface area contributed by atoms with Crippen LogP contribution >= 0.6 is 0 Å². The Labute approximate surface area is 126 Å². The Morgan fingerprint density at radius 3 is 2.67 bits per heavy atom. The summed E-state index contributed by atoms with van der Waals surface area (Å²) in [6.07, 6.45) is 2.59. The number of rotatable bonds is 4. The van der Waals surface area contributed by atoms with Gasteiger partial charge in [0, 0.05) is 20.0 Å². The highest BCUT2D eigenvalue weighted by atomic mass is 16.2. The third kappa shape index (κ3) is 4.59. The highest BCUT2D eigenvalue weighted by molar-refractivity contribution is 5.79. The minimum Gasteiger partial charge on any atom is -0.349 e. The van der Waals surface area contributed by atoms with Gasteiger partial charge in [-0.05, 0) is 24.3 Å². The maximum Gasteiger partial charge on any atom is 0.224 e. The zero-order valence-corrected chi connectivity index (χ0v) is 12.8. The monoisotopic (exact) mass is 288 g/mol. The van der Waals surface area contributed by atoms with Gasteiger partial charge in [0.1, 0.15) is 0 Å². The molecule has 1 aliphatic rings. The molecule has 0 saturated carbocycles. The summed E-state index contributed by atoms with van der Waals surface area (Å²) < 4.78 is 0. The average Bonchev–Trinajstić information content (AvgIpc) is 2.47. The van der Waals surface area contributed by atoms with Gasteiger partial charge in [-0.3, -0.25) is 9.59 Å².